The Balaban J connectivity index is 1.80. The van der Waals surface area contributed by atoms with Crippen LogP contribution in [0.2, 0.25) is 0 Å². The number of likely N-dealkylation sites (tertiary alicyclic amines) is 1. The molecule has 5 heteroatoms. The maximum absolute atomic E-state index is 11.8. The van der Waals surface area contributed by atoms with E-state index in [2.05, 4.69) is 46.3 Å². The molecule has 1 saturated heterocycles. The highest BCUT2D eigenvalue weighted by Crippen LogP contribution is 2.28. The zero-order valence-corrected chi connectivity index (χ0v) is 17.7. The lowest BCUT2D eigenvalue weighted by Crippen LogP contribution is -2.48. The molecular formula is C24H33N3O2. The van der Waals surface area contributed by atoms with E-state index in [0.717, 1.165) is 45.4 Å². The van der Waals surface area contributed by atoms with Gasteiger partial charge in [0.05, 0.1) is 6.61 Å². The first kappa shape index (κ1) is 21.5. The summed E-state index contributed by atoms with van der Waals surface area (Å²) in [5.74, 6) is 0.744. The minimum atomic E-state index is 0.189. The van der Waals surface area contributed by atoms with Gasteiger partial charge >= 0.3 is 0 Å². The van der Waals surface area contributed by atoms with Crippen LogP contribution in [-0.2, 0) is 22.5 Å². The molecule has 0 bridgehead atoms. The average molecular weight is 396 g/mol. The third-order valence-corrected chi connectivity index (χ3v) is 5.98. The molecule has 0 saturated carbocycles. The molecule has 2 heterocycles. The van der Waals surface area contributed by atoms with Crippen molar-refractivity contribution in [1.29, 1.82) is 0 Å². The number of benzene rings is 1. The number of hydrogen-bond acceptors (Lipinski definition) is 4. The van der Waals surface area contributed by atoms with Crippen LogP contribution in [0, 0.1) is 5.92 Å². The lowest BCUT2D eigenvalue weighted by Gasteiger charge is -2.41. The van der Waals surface area contributed by atoms with E-state index >= 15 is 0 Å². The van der Waals surface area contributed by atoms with Crippen molar-refractivity contribution in [1.82, 2.24) is 14.8 Å². The molecule has 1 atom stereocenters. The predicted molar refractivity (Wildman–Crippen MR) is 115 cm³/mol. The first-order valence-corrected chi connectivity index (χ1v) is 10.6. The van der Waals surface area contributed by atoms with E-state index in [4.69, 9.17) is 4.74 Å². The van der Waals surface area contributed by atoms with Crippen molar-refractivity contribution in [3.8, 4) is 0 Å². The Morgan fingerprint density at radius 2 is 1.90 bits per heavy atom. The Morgan fingerprint density at radius 3 is 2.52 bits per heavy atom. The summed E-state index contributed by atoms with van der Waals surface area (Å²) < 4.78 is 5.44. The van der Waals surface area contributed by atoms with E-state index in [0.29, 0.717) is 18.6 Å². The number of amides is 1. The Hall–Kier alpha value is -2.24. The van der Waals surface area contributed by atoms with Crippen LogP contribution < -0.4 is 0 Å². The Bertz CT molecular complexity index is 730. The quantitative estimate of drug-likeness (QED) is 0.653. The summed E-state index contributed by atoms with van der Waals surface area (Å²) in [7, 11) is 1.76. The third-order valence-electron chi connectivity index (χ3n) is 5.98. The molecule has 1 aliphatic heterocycles. The van der Waals surface area contributed by atoms with Gasteiger partial charge in [0.15, 0.2) is 0 Å². The SMILES string of the molecule is COCCN(Cc1cccnc1)[C@H](Cc1ccccc1)C1CCN(C(C)=O)CC1. The van der Waals surface area contributed by atoms with Gasteiger partial charge < -0.3 is 9.64 Å². The predicted octanol–water partition coefficient (Wildman–Crippen LogP) is 3.40. The first-order valence-electron chi connectivity index (χ1n) is 10.6. The molecule has 1 amide bonds. The molecular weight excluding hydrogens is 362 g/mol. The van der Waals surface area contributed by atoms with Crippen LogP contribution in [0.15, 0.2) is 54.9 Å². The van der Waals surface area contributed by atoms with E-state index in [9.17, 15) is 4.79 Å². The summed E-state index contributed by atoms with van der Waals surface area (Å²) >= 11 is 0. The number of pyridine rings is 1. The van der Waals surface area contributed by atoms with Crippen molar-refractivity contribution in [2.24, 2.45) is 5.92 Å². The number of carbonyl (C=O) groups is 1. The van der Waals surface area contributed by atoms with Crippen LogP contribution in [0.3, 0.4) is 0 Å². The molecule has 1 fully saturated rings. The highest BCUT2D eigenvalue weighted by Gasteiger charge is 2.31. The summed E-state index contributed by atoms with van der Waals surface area (Å²) in [6, 6.07) is 15.3. The van der Waals surface area contributed by atoms with Gasteiger partial charge in [0.1, 0.15) is 0 Å². The number of aromatic nitrogens is 1. The van der Waals surface area contributed by atoms with Crippen molar-refractivity contribution >= 4 is 5.91 Å². The van der Waals surface area contributed by atoms with Crippen LogP contribution in [-0.4, -0.2) is 60.1 Å². The Kier molecular flexibility index (Phi) is 8.20. The first-order chi connectivity index (χ1) is 14.2. The molecule has 0 unspecified atom stereocenters. The standard InChI is InChI=1S/C24H33N3O2/c1-20(28)26-13-10-23(11-14-26)24(17-21-7-4-3-5-8-21)27(15-16-29-2)19-22-9-6-12-25-18-22/h3-9,12,18,23-24H,10-11,13-17,19H2,1-2H3/t24-/m1/s1. The number of piperidine rings is 1. The molecule has 1 aromatic heterocycles. The van der Waals surface area contributed by atoms with Gasteiger partial charge in [-0.05, 0) is 42.4 Å². The van der Waals surface area contributed by atoms with Crippen LogP contribution in [0.25, 0.3) is 0 Å². The molecule has 0 radical (unpaired) electrons. The van der Waals surface area contributed by atoms with Gasteiger partial charge in [-0.1, -0.05) is 36.4 Å². The van der Waals surface area contributed by atoms with E-state index < -0.39 is 0 Å². The van der Waals surface area contributed by atoms with Gasteiger partial charge in [0.25, 0.3) is 0 Å². The van der Waals surface area contributed by atoms with Gasteiger partial charge in [0, 0.05) is 58.6 Å². The van der Waals surface area contributed by atoms with E-state index in [1.165, 1.54) is 11.1 Å². The lowest BCUT2D eigenvalue weighted by molar-refractivity contribution is -0.130. The fourth-order valence-electron chi connectivity index (χ4n) is 4.35. The molecule has 3 rings (SSSR count). The Morgan fingerprint density at radius 1 is 1.17 bits per heavy atom. The molecule has 0 aliphatic carbocycles. The van der Waals surface area contributed by atoms with E-state index in [1.807, 2.05) is 23.4 Å². The van der Waals surface area contributed by atoms with Crippen molar-refractivity contribution in [3.63, 3.8) is 0 Å². The summed E-state index contributed by atoms with van der Waals surface area (Å²) in [5.41, 5.74) is 2.59. The zero-order valence-electron chi connectivity index (χ0n) is 17.7. The summed E-state index contributed by atoms with van der Waals surface area (Å²) in [5, 5.41) is 0. The molecule has 2 aromatic rings. The second-order valence-electron chi connectivity index (χ2n) is 7.93. The highest BCUT2D eigenvalue weighted by molar-refractivity contribution is 5.73. The summed E-state index contributed by atoms with van der Waals surface area (Å²) in [6.07, 6.45) is 6.89. The van der Waals surface area contributed by atoms with E-state index in [-0.39, 0.29) is 5.91 Å². The van der Waals surface area contributed by atoms with Gasteiger partial charge in [-0.15, -0.1) is 0 Å². The Labute approximate surface area is 174 Å². The summed E-state index contributed by atoms with van der Waals surface area (Å²) in [4.78, 5) is 20.6. The number of methoxy groups -OCH3 is 1. The smallest absolute Gasteiger partial charge is 0.219 e. The highest BCUT2D eigenvalue weighted by atomic mass is 16.5. The minimum Gasteiger partial charge on any atom is -0.383 e. The average Bonchev–Trinajstić information content (AvgIpc) is 2.76. The van der Waals surface area contributed by atoms with Crippen LogP contribution in [0.1, 0.15) is 30.9 Å². The van der Waals surface area contributed by atoms with E-state index in [1.54, 1.807) is 14.0 Å². The van der Waals surface area contributed by atoms with Crippen LogP contribution in [0.4, 0.5) is 0 Å². The number of ether oxygens (including phenoxy) is 1. The van der Waals surface area contributed by atoms with Crippen molar-refractivity contribution in [2.75, 3.05) is 33.4 Å². The van der Waals surface area contributed by atoms with Crippen molar-refractivity contribution in [2.45, 2.75) is 38.8 Å². The lowest BCUT2D eigenvalue weighted by atomic mass is 9.84. The minimum absolute atomic E-state index is 0.189. The fraction of sp³-hybridized carbons (Fsp3) is 0.500. The molecule has 1 aromatic carbocycles. The topological polar surface area (TPSA) is 45.7 Å². The molecule has 1 aliphatic rings. The second kappa shape index (κ2) is 11.1. The van der Waals surface area contributed by atoms with Crippen LogP contribution >= 0.6 is 0 Å². The second-order valence-corrected chi connectivity index (χ2v) is 7.93. The maximum Gasteiger partial charge on any atom is 0.219 e. The third kappa shape index (κ3) is 6.38. The summed E-state index contributed by atoms with van der Waals surface area (Å²) in [6.45, 7) is 5.84. The molecule has 0 N–H and O–H groups in total. The van der Waals surface area contributed by atoms with Gasteiger partial charge in [-0.25, -0.2) is 0 Å². The fourth-order valence-corrected chi connectivity index (χ4v) is 4.35. The maximum atomic E-state index is 11.8. The normalized spacial score (nSPS) is 16.2. The molecule has 29 heavy (non-hydrogen) atoms. The molecule has 156 valence electrons. The number of carbonyl (C=O) groups excluding carboxylic acids is 1. The van der Waals surface area contributed by atoms with Crippen LogP contribution in [0.5, 0.6) is 0 Å². The monoisotopic (exact) mass is 395 g/mol. The molecule has 0 spiro atoms. The zero-order chi connectivity index (χ0) is 20.5. The van der Waals surface area contributed by atoms with Crippen molar-refractivity contribution < 1.29 is 9.53 Å². The number of hydrogen-bond donors (Lipinski definition) is 0. The van der Waals surface area contributed by atoms with Gasteiger partial charge in [0.2, 0.25) is 5.91 Å². The largest absolute Gasteiger partial charge is 0.383 e. The van der Waals surface area contributed by atoms with Gasteiger partial charge in [-0.2, -0.15) is 0 Å². The molecule has 5 nitrogen and oxygen atoms in total. The number of nitrogens with zero attached hydrogens (tertiary/aromatic N) is 3. The van der Waals surface area contributed by atoms with Gasteiger partial charge in [-0.3, -0.25) is 14.7 Å². The van der Waals surface area contributed by atoms with Crippen molar-refractivity contribution in [3.05, 3.63) is 66.0 Å². The number of rotatable bonds is 9.